The van der Waals surface area contributed by atoms with Crippen molar-refractivity contribution in [1.29, 1.82) is 0 Å². The van der Waals surface area contributed by atoms with Gasteiger partial charge in [-0.15, -0.1) is 0 Å². The maximum Gasteiger partial charge on any atom is 0.223 e. The molecule has 0 fully saturated rings. The summed E-state index contributed by atoms with van der Waals surface area (Å²) < 4.78 is 5.13. The molecule has 0 saturated carbocycles. The summed E-state index contributed by atoms with van der Waals surface area (Å²) >= 11 is 0. The molecule has 116 valence electrons. The molecule has 7 nitrogen and oxygen atoms in total. The molecule has 5 N–H and O–H groups in total. The van der Waals surface area contributed by atoms with Crippen molar-refractivity contribution in [1.82, 2.24) is 4.90 Å². The van der Waals surface area contributed by atoms with Crippen LogP contribution in [0, 0.1) is 0 Å². The average Bonchev–Trinajstić information content (AvgIpc) is 2.35. The van der Waals surface area contributed by atoms with Gasteiger partial charge in [0.25, 0.3) is 0 Å². The quantitative estimate of drug-likeness (QED) is 0.365. The van der Waals surface area contributed by atoms with Gasteiger partial charge < -0.3 is 30.3 Å². The molecule has 0 aliphatic rings. The SMILES string of the molecule is C=P(O)(O)COC(CO)CN(/C=C\C(N)=C/C)C(C)=O. The minimum absolute atomic E-state index is 0.0688. The second-order valence-corrected chi connectivity index (χ2v) is 6.27. The number of nitrogens with two attached hydrogens (primary N) is 1. The smallest absolute Gasteiger partial charge is 0.223 e. The zero-order valence-corrected chi connectivity index (χ0v) is 12.7. The molecule has 0 aliphatic heterocycles. The van der Waals surface area contributed by atoms with E-state index in [0.717, 1.165) is 0 Å². The van der Waals surface area contributed by atoms with E-state index in [2.05, 4.69) is 6.30 Å². The van der Waals surface area contributed by atoms with E-state index in [1.807, 2.05) is 0 Å². The summed E-state index contributed by atoms with van der Waals surface area (Å²) in [6.07, 6.45) is 6.75. The highest BCUT2D eigenvalue weighted by atomic mass is 31.2. The number of hydrogen-bond acceptors (Lipinski definition) is 6. The Labute approximate surface area is 119 Å². The van der Waals surface area contributed by atoms with Gasteiger partial charge in [0.05, 0.1) is 19.3 Å². The van der Waals surface area contributed by atoms with Crippen LogP contribution in [0.15, 0.2) is 24.0 Å². The third kappa shape index (κ3) is 8.90. The summed E-state index contributed by atoms with van der Waals surface area (Å²) in [5.41, 5.74) is 6.08. The zero-order valence-electron chi connectivity index (χ0n) is 11.8. The fraction of sp³-hybridized carbons (Fsp3) is 0.500. The van der Waals surface area contributed by atoms with Crippen molar-refractivity contribution < 1.29 is 24.4 Å². The van der Waals surface area contributed by atoms with E-state index >= 15 is 0 Å². The van der Waals surface area contributed by atoms with Crippen molar-refractivity contribution in [3.63, 3.8) is 0 Å². The van der Waals surface area contributed by atoms with E-state index < -0.39 is 13.4 Å². The van der Waals surface area contributed by atoms with Crippen molar-refractivity contribution in [3.8, 4) is 0 Å². The van der Waals surface area contributed by atoms with Gasteiger partial charge in [0.15, 0.2) is 0 Å². The van der Waals surface area contributed by atoms with Gasteiger partial charge in [-0.25, -0.2) is 0 Å². The Kier molecular flexibility index (Phi) is 8.45. The number of carbonyl (C=O) groups excluding carboxylic acids is 1. The van der Waals surface area contributed by atoms with Crippen LogP contribution in [0.5, 0.6) is 0 Å². The highest BCUT2D eigenvalue weighted by molar-refractivity contribution is 7.62. The van der Waals surface area contributed by atoms with Gasteiger partial charge in [0.2, 0.25) is 5.91 Å². The third-order valence-corrected chi connectivity index (χ3v) is 2.87. The third-order valence-electron chi connectivity index (χ3n) is 2.31. The van der Waals surface area contributed by atoms with Crippen molar-refractivity contribution in [2.24, 2.45) is 5.73 Å². The van der Waals surface area contributed by atoms with Crippen LogP contribution in [0.3, 0.4) is 0 Å². The molecule has 1 atom stereocenters. The first kappa shape index (κ1) is 18.9. The normalized spacial score (nSPS) is 14.6. The number of hydrogen-bond donors (Lipinski definition) is 4. The molecule has 0 bridgehead atoms. The zero-order chi connectivity index (χ0) is 15.8. The standard InChI is InChI=1S/C12H23N2O5P/c1-4-11(13)5-6-14(10(2)16)7-12(8-15)19-9-20(3,17)18/h4-6,12,15,17-18H,3,7-9,13H2,1-2H3/b6-5-,11-4+. The molecule has 0 radical (unpaired) electrons. The van der Waals surface area contributed by atoms with Gasteiger partial charge in [-0.1, -0.05) is 6.08 Å². The van der Waals surface area contributed by atoms with E-state index in [1.165, 1.54) is 18.0 Å². The maximum absolute atomic E-state index is 11.5. The minimum Gasteiger partial charge on any atom is -0.399 e. The first-order valence-corrected chi connectivity index (χ1v) is 8.03. The van der Waals surface area contributed by atoms with Crippen LogP contribution in [0.4, 0.5) is 0 Å². The minimum atomic E-state index is -3.32. The summed E-state index contributed by atoms with van der Waals surface area (Å²) in [5.74, 6) is -0.254. The molecule has 1 unspecified atom stereocenters. The second kappa shape index (κ2) is 8.94. The molecule has 0 saturated heterocycles. The summed E-state index contributed by atoms with van der Waals surface area (Å²) in [6, 6.07) is 0. The fourth-order valence-corrected chi connectivity index (χ4v) is 1.62. The highest BCUT2D eigenvalue weighted by Gasteiger charge is 2.17. The Morgan fingerprint density at radius 2 is 2.15 bits per heavy atom. The lowest BCUT2D eigenvalue weighted by Gasteiger charge is -2.24. The summed E-state index contributed by atoms with van der Waals surface area (Å²) in [6.45, 7) is 2.83. The van der Waals surface area contributed by atoms with Gasteiger partial charge in [-0.3, -0.25) is 4.79 Å². The van der Waals surface area contributed by atoms with Crippen molar-refractivity contribution in [2.75, 3.05) is 19.5 Å². The van der Waals surface area contributed by atoms with Gasteiger partial charge in [0.1, 0.15) is 13.7 Å². The topological polar surface area (TPSA) is 116 Å². The summed E-state index contributed by atoms with van der Waals surface area (Å²) in [7, 11) is -3.32. The van der Waals surface area contributed by atoms with Crippen molar-refractivity contribution in [3.05, 3.63) is 24.0 Å². The molecule has 1 amide bonds. The van der Waals surface area contributed by atoms with Crippen LogP contribution in [0.25, 0.3) is 0 Å². The number of allylic oxidation sites excluding steroid dienone is 2. The number of nitrogens with zero attached hydrogens (tertiary/aromatic N) is 1. The molecular weight excluding hydrogens is 283 g/mol. The van der Waals surface area contributed by atoms with Crippen LogP contribution in [0.1, 0.15) is 13.8 Å². The average molecular weight is 306 g/mol. The van der Waals surface area contributed by atoms with E-state index in [9.17, 15) is 9.90 Å². The first-order chi connectivity index (χ1) is 9.19. The number of carbonyl (C=O) groups is 1. The Hall–Kier alpha value is -1.11. The van der Waals surface area contributed by atoms with Gasteiger partial charge >= 0.3 is 0 Å². The number of aliphatic hydroxyl groups excluding tert-OH is 1. The van der Waals surface area contributed by atoms with Crippen LogP contribution >= 0.6 is 7.34 Å². The molecule has 0 rings (SSSR count). The van der Waals surface area contributed by atoms with Crippen LogP contribution in [-0.4, -0.2) is 57.6 Å². The monoisotopic (exact) mass is 306 g/mol. The molecule has 20 heavy (non-hydrogen) atoms. The molecule has 0 aliphatic carbocycles. The van der Waals surface area contributed by atoms with Crippen LogP contribution < -0.4 is 5.73 Å². The Balaban J connectivity index is 4.66. The lowest BCUT2D eigenvalue weighted by molar-refractivity contribution is -0.128. The van der Waals surface area contributed by atoms with E-state index in [0.29, 0.717) is 5.70 Å². The Bertz CT molecular complexity index is 416. The highest BCUT2D eigenvalue weighted by Crippen LogP contribution is 2.33. The maximum atomic E-state index is 11.5. The number of ether oxygens (including phenoxy) is 1. The largest absolute Gasteiger partial charge is 0.399 e. The first-order valence-electron chi connectivity index (χ1n) is 5.97. The molecule has 0 aromatic heterocycles. The van der Waals surface area contributed by atoms with Gasteiger partial charge in [-0.05, 0) is 19.3 Å². The molecule has 0 spiro atoms. The van der Waals surface area contributed by atoms with E-state index in [-0.39, 0.29) is 25.4 Å². The second-order valence-electron chi connectivity index (χ2n) is 4.25. The lowest BCUT2D eigenvalue weighted by Crippen LogP contribution is -2.35. The fourth-order valence-electron chi connectivity index (χ4n) is 1.17. The molecule has 8 heteroatoms. The summed E-state index contributed by atoms with van der Waals surface area (Å²) in [4.78, 5) is 31.1. The van der Waals surface area contributed by atoms with Crippen molar-refractivity contribution >= 4 is 19.5 Å². The lowest BCUT2D eigenvalue weighted by atomic mass is 10.3. The molecular formula is C12H23N2O5P. The Morgan fingerprint density at radius 1 is 1.55 bits per heavy atom. The van der Waals surface area contributed by atoms with E-state index in [4.69, 9.17) is 20.3 Å². The van der Waals surface area contributed by atoms with Crippen LogP contribution in [0.2, 0.25) is 0 Å². The Morgan fingerprint density at radius 3 is 2.55 bits per heavy atom. The molecule has 0 aromatic carbocycles. The van der Waals surface area contributed by atoms with E-state index in [1.54, 1.807) is 19.1 Å². The number of amides is 1. The predicted octanol–water partition coefficient (Wildman–Crippen LogP) is -0.190. The molecule has 0 aromatic rings. The summed E-state index contributed by atoms with van der Waals surface area (Å²) in [5, 5.41) is 9.18. The van der Waals surface area contributed by atoms with Crippen LogP contribution in [-0.2, 0) is 9.53 Å². The predicted molar refractivity (Wildman–Crippen MR) is 79.8 cm³/mol. The number of rotatable bonds is 8. The van der Waals surface area contributed by atoms with Crippen molar-refractivity contribution in [2.45, 2.75) is 20.0 Å². The number of aliphatic hydroxyl groups is 1. The van der Waals surface area contributed by atoms with Gasteiger partial charge in [0, 0.05) is 18.8 Å². The molecule has 0 heterocycles. The van der Waals surface area contributed by atoms with Gasteiger partial charge in [-0.2, -0.15) is 0 Å².